The van der Waals surface area contributed by atoms with E-state index >= 15 is 0 Å². The molecule has 2 N–H and O–H groups in total. The lowest BCUT2D eigenvalue weighted by Crippen LogP contribution is -2.39. The monoisotopic (exact) mass is 391 g/mol. The second-order valence-electron chi connectivity index (χ2n) is 5.77. The van der Waals surface area contributed by atoms with Crippen molar-refractivity contribution in [3.05, 3.63) is 24.3 Å². The van der Waals surface area contributed by atoms with E-state index in [1.807, 2.05) is 11.8 Å². The molecule has 1 aromatic rings. The lowest BCUT2D eigenvalue weighted by Gasteiger charge is -2.22. The largest absolute Gasteiger partial charge is 0.326 e. The van der Waals surface area contributed by atoms with Gasteiger partial charge in [0.2, 0.25) is 15.9 Å². The maximum Gasteiger partial charge on any atom is 0.235 e. The van der Waals surface area contributed by atoms with E-state index in [0.29, 0.717) is 30.8 Å². The second-order valence-corrected chi connectivity index (χ2v) is 8.93. The van der Waals surface area contributed by atoms with Crippen LogP contribution in [-0.2, 0) is 14.8 Å². The quantitative estimate of drug-likeness (QED) is 0.816. The Bertz CT molecular complexity index is 678. The molecule has 1 aromatic carbocycles. The Morgan fingerprint density at radius 3 is 2.92 bits per heavy atom. The highest BCUT2D eigenvalue weighted by Gasteiger charge is 2.28. The number of sulfonamides is 1. The number of carbonyl (C=O) groups is 1. The van der Waals surface area contributed by atoms with E-state index in [0.717, 1.165) is 18.1 Å². The van der Waals surface area contributed by atoms with Gasteiger partial charge in [-0.2, -0.15) is 11.8 Å². The molecule has 0 aliphatic carbocycles. The van der Waals surface area contributed by atoms with Crippen LogP contribution >= 0.6 is 24.2 Å². The van der Waals surface area contributed by atoms with E-state index in [-0.39, 0.29) is 30.1 Å². The van der Waals surface area contributed by atoms with Gasteiger partial charge in [-0.1, -0.05) is 6.07 Å². The van der Waals surface area contributed by atoms with Crippen molar-refractivity contribution in [3.63, 3.8) is 0 Å². The highest BCUT2D eigenvalue weighted by molar-refractivity contribution is 7.99. The van der Waals surface area contributed by atoms with Crippen LogP contribution in [0.4, 0.5) is 11.4 Å². The van der Waals surface area contributed by atoms with Gasteiger partial charge in [0.15, 0.2) is 0 Å². The van der Waals surface area contributed by atoms with E-state index < -0.39 is 10.0 Å². The fraction of sp³-hybridized carbons (Fsp3) is 0.533. The maximum absolute atomic E-state index is 12.1. The Hall–Kier alpha value is -0.960. The minimum atomic E-state index is -3.20. The zero-order valence-electron chi connectivity index (χ0n) is 13.2. The fourth-order valence-electron chi connectivity index (χ4n) is 2.85. The molecule has 2 aliphatic heterocycles. The molecule has 1 atom stereocenters. The SMILES string of the molecule is Cl.O=C(CC1CSCCN1)Nc1cccc(N2CCCS2(=O)=O)c1. The topological polar surface area (TPSA) is 78.5 Å². The molecule has 6 nitrogen and oxygen atoms in total. The molecule has 0 radical (unpaired) electrons. The summed E-state index contributed by atoms with van der Waals surface area (Å²) in [6.45, 7) is 1.44. The van der Waals surface area contributed by atoms with Crippen molar-refractivity contribution in [2.45, 2.75) is 18.9 Å². The van der Waals surface area contributed by atoms with Crippen LogP contribution in [0.1, 0.15) is 12.8 Å². The van der Waals surface area contributed by atoms with Gasteiger partial charge in [0.25, 0.3) is 0 Å². The van der Waals surface area contributed by atoms with Crippen LogP contribution in [0.5, 0.6) is 0 Å². The normalized spacial score (nSPS) is 22.7. The average molecular weight is 392 g/mol. The summed E-state index contributed by atoms with van der Waals surface area (Å²) in [5.74, 6) is 2.17. The first kappa shape index (κ1) is 19.4. The number of thioether (sulfide) groups is 1. The summed E-state index contributed by atoms with van der Waals surface area (Å²) in [5, 5.41) is 6.20. The number of halogens is 1. The van der Waals surface area contributed by atoms with Crippen molar-refractivity contribution in [3.8, 4) is 0 Å². The van der Waals surface area contributed by atoms with E-state index in [1.165, 1.54) is 4.31 Å². The van der Waals surface area contributed by atoms with Crippen LogP contribution in [-0.4, -0.2) is 50.7 Å². The first-order chi connectivity index (χ1) is 11.0. The lowest BCUT2D eigenvalue weighted by atomic mass is 10.2. The molecule has 9 heteroatoms. The van der Waals surface area contributed by atoms with Crippen molar-refractivity contribution in [2.75, 3.05) is 40.0 Å². The van der Waals surface area contributed by atoms with Crippen LogP contribution < -0.4 is 14.9 Å². The van der Waals surface area contributed by atoms with Gasteiger partial charge in [0.05, 0.1) is 11.4 Å². The summed E-state index contributed by atoms with van der Waals surface area (Å²) < 4.78 is 25.4. The molecule has 0 saturated carbocycles. The summed E-state index contributed by atoms with van der Waals surface area (Å²) in [5.41, 5.74) is 1.25. The van der Waals surface area contributed by atoms with Crippen molar-refractivity contribution in [1.82, 2.24) is 5.32 Å². The summed E-state index contributed by atoms with van der Waals surface area (Å²) in [6, 6.07) is 7.25. The van der Waals surface area contributed by atoms with Crippen LogP contribution in [0.15, 0.2) is 24.3 Å². The Kier molecular flexibility index (Phi) is 6.79. The van der Waals surface area contributed by atoms with Gasteiger partial charge >= 0.3 is 0 Å². The zero-order chi connectivity index (χ0) is 16.3. The summed E-state index contributed by atoms with van der Waals surface area (Å²) in [7, 11) is -3.20. The third-order valence-corrected chi connectivity index (χ3v) is 6.95. The average Bonchev–Trinajstić information content (AvgIpc) is 2.88. The highest BCUT2D eigenvalue weighted by atomic mass is 35.5. The highest BCUT2D eigenvalue weighted by Crippen LogP contribution is 2.26. The number of hydrogen-bond acceptors (Lipinski definition) is 5. The van der Waals surface area contributed by atoms with E-state index in [1.54, 1.807) is 24.3 Å². The van der Waals surface area contributed by atoms with Crippen molar-refractivity contribution in [1.29, 1.82) is 0 Å². The Balaban J connectivity index is 0.00000208. The number of carbonyl (C=O) groups excluding carboxylic acids is 1. The van der Waals surface area contributed by atoms with Gasteiger partial charge in [-0.3, -0.25) is 9.10 Å². The standard InChI is InChI=1S/C15H21N3O3S2.ClH/c19-15(10-13-11-22-7-5-16-13)17-12-3-1-4-14(9-12)18-6-2-8-23(18,20)21;/h1,3-4,9,13,16H,2,5-8,10-11H2,(H,17,19);1H. The number of amides is 1. The van der Waals surface area contributed by atoms with Crippen LogP contribution in [0, 0.1) is 0 Å². The van der Waals surface area contributed by atoms with E-state index in [4.69, 9.17) is 0 Å². The number of nitrogens with one attached hydrogen (secondary N) is 2. The Morgan fingerprint density at radius 1 is 1.42 bits per heavy atom. The molecule has 0 bridgehead atoms. The molecule has 134 valence electrons. The maximum atomic E-state index is 12.1. The minimum Gasteiger partial charge on any atom is -0.326 e. The molecule has 2 aliphatic rings. The van der Waals surface area contributed by atoms with Crippen molar-refractivity contribution < 1.29 is 13.2 Å². The molecule has 0 spiro atoms. The third-order valence-electron chi connectivity index (χ3n) is 3.95. The predicted molar refractivity (Wildman–Crippen MR) is 102 cm³/mol. The lowest BCUT2D eigenvalue weighted by molar-refractivity contribution is -0.116. The molecular formula is C15H22ClN3O3S2. The predicted octanol–water partition coefficient (Wildman–Crippen LogP) is 1.68. The number of nitrogens with zero attached hydrogens (tertiary/aromatic N) is 1. The summed E-state index contributed by atoms with van der Waals surface area (Å²) in [6.07, 6.45) is 1.07. The summed E-state index contributed by atoms with van der Waals surface area (Å²) >= 11 is 1.85. The fourth-order valence-corrected chi connectivity index (χ4v) is 5.36. The van der Waals surface area contributed by atoms with Gasteiger partial charge in [0.1, 0.15) is 0 Å². The van der Waals surface area contributed by atoms with Gasteiger partial charge in [-0.15, -0.1) is 12.4 Å². The number of hydrogen-bond donors (Lipinski definition) is 2. The molecule has 0 aromatic heterocycles. The van der Waals surface area contributed by atoms with Gasteiger partial charge < -0.3 is 10.6 Å². The first-order valence-electron chi connectivity index (χ1n) is 7.76. The van der Waals surface area contributed by atoms with Crippen LogP contribution in [0.3, 0.4) is 0 Å². The number of rotatable bonds is 4. The molecule has 1 unspecified atom stereocenters. The molecule has 24 heavy (non-hydrogen) atoms. The molecule has 2 heterocycles. The molecule has 2 fully saturated rings. The number of benzene rings is 1. The molecule has 2 saturated heterocycles. The van der Waals surface area contributed by atoms with Crippen LogP contribution in [0.25, 0.3) is 0 Å². The molecule has 3 rings (SSSR count). The second kappa shape index (κ2) is 8.42. The first-order valence-corrected chi connectivity index (χ1v) is 10.5. The molecular weight excluding hydrogens is 370 g/mol. The van der Waals surface area contributed by atoms with E-state index in [9.17, 15) is 13.2 Å². The van der Waals surface area contributed by atoms with Crippen molar-refractivity contribution >= 4 is 51.5 Å². The minimum absolute atomic E-state index is 0. The molecule has 1 amide bonds. The van der Waals surface area contributed by atoms with Crippen LogP contribution in [0.2, 0.25) is 0 Å². The zero-order valence-corrected chi connectivity index (χ0v) is 15.7. The van der Waals surface area contributed by atoms with E-state index in [2.05, 4.69) is 10.6 Å². The Labute approximate surface area is 153 Å². The summed E-state index contributed by atoms with van der Waals surface area (Å²) in [4.78, 5) is 12.1. The third kappa shape index (κ3) is 4.78. The van der Waals surface area contributed by atoms with Gasteiger partial charge in [0, 0.05) is 42.7 Å². The van der Waals surface area contributed by atoms with Crippen molar-refractivity contribution in [2.24, 2.45) is 0 Å². The number of anilines is 2. The van der Waals surface area contributed by atoms with Gasteiger partial charge in [-0.05, 0) is 24.6 Å². The smallest absolute Gasteiger partial charge is 0.235 e. The van der Waals surface area contributed by atoms with Gasteiger partial charge in [-0.25, -0.2) is 8.42 Å². The Morgan fingerprint density at radius 2 is 2.25 bits per heavy atom.